The molecule has 0 spiro atoms. The number of pyridine rings is 1. The zero-order valence-corrected chi connectivity index (χ0v) is 13.4. The van der Waals surface area contributed by atoms with E-state index in [1.165, 1.54) is 0 Å². The Bertz CT molecular complexity index is 663. The molecule has 0 aliphatic carbocycles. The molecule has 5 heteroatoms. The lowest BCUT2D eigenvalue weighted by molar-refractivity contribution is -0.125. The molecule has 2 aromatic heterocycles. The predicted molar refractivity (Wildman–Crippen MR) is 84.4 cm³/mol. The van der Waals surface area contributed by atoms with Crippen LogP contribution in [0.3, 0.4) is 0 Å². The van der Waals surface area contributed by atoms with Crippen LogP contribution < -0.4 is 0 Å². The largest absolute Gasteiger partial charge is 0.336 e. The lowest BCUT2D eigenvalue weighted by Gasteiger charge is -2.37. The van der Waals surface area contributed by atoms with Crippen LogP contribution in [0.5, 0.6) is 0 Å². The Hall–Kier alpha value is -2.01. The van der Waals surface area contributed by atoms with Gasteiger partial charge in [0.05, 0.1) is 24.1 Å². The summed E-state index contributed by atoms with van der Waals surface area (Å²) in [6.45, 7) is 5.16. The van der Waals surface area contributed by atoms with Crippen molar-refractivity contribution in [2.75, 3.05) is 6.54 Å². The Kier molecular flexibility index (Phi) is 4.07. The molecule has 1 aliphatic heterocycles. The maximum atomic E-state index is 13.0. The lowest BCUT2D eigenvalue weighted by atomic mass is 9.94. The average Bonchev–Trinajstić information content (AvgIpc) is 2.89. The number of nitrogens with zero attached hydrogens (tertiary/aromatic N) is 4. The van der Waals surface area contributed by atoms with Crippen LogP contribution in [-0.4, -0.2) is 37.8 Å². The summed E-state index contributed by atoms with van der Waals surface area (Å²) in [5.41, 5.74) is 2.92. The third-order valence-corrected chi connectivity index (χ3v) is 4.31. The number of imidazole rings is 1. The van der Waals surface area contributed by atoms with Crippen LogP contribution in [0.15, 0.2) is 30.7 Å². The summed E-state index contributed by atoms with van der Waals surface area (Å²) in [5, 5.41) is 0. The lowest BCUT2D eigenvalue weighted by Crippen LogP contribution is -2.44. The summed E-state index contributed by atoms with van der Waals surface area (Å²) in [7, 11) is 1.97. The van der Waals surface area contributed by atoms with Crippen molar-refractivity contribution in [1.29, 1.82) is 0 Å². The van der Waals surface area contributed by atoms with E-state index in [0.29, 0.717) is 12.5 Å². The van der Waals surface area contributed by atoms with Crippen molar-refractivity contribution in [2.24, 2.45) is 7.05 Å². The molecule has 22 heavy (non-hydrogen) atoms. The summed E-state index contributed by atoms with van der Waals surface area (Å²) in [4.78, 5) is 24.0. The van der Waals surface area contributed by atoms with Gasteiger partial charge in [0.15, 0.2) is 5.78 Å². The van der Waals surface area contributed by atoms with Crippen molar-refractivity contribution in [3.05, 3.63) is 47.8 Å². The molecule has 0 saturated heterocycles. The van der Waals surface area contributed by atoms with Gasteiger partial charge < -0.3 is 4.57 Å². The van der Waals surface area contributed by atoms with E-state index in [9.17, 15) is 4.79 Å². The van der Waals surface area contributed by atoms with Gasteiger partial charge >= 0.3 is 0 Å². The highest BCUT2D eigenvalue weighted by molar-refractivity contribution is 5.87. The second kappa shape index (κ2) is 6.01. The molecule has 1 atom stereocenters. The second-order valence-corrected chi connectivity index (χ2v) is 6.14. The topological polar surface area (TPSA) is 51.0 Å². The third-order valence-electron chi connectivity index (χ3n) is 4.31. The Labute approximate surface area is 131 Å². The number of hydrogen-bond donors (Lipinski definition) is 0. The standard InChI is InChI=1S/C17H22N4O/c1-12(2)21-9-7-14-16(20(3)11-19-14)17(21)15(22)10-13-6-4-5-8-18-13/h4-6,8,11-12,17H,7,9-10H2,1-3H3. The number of rotatable bonds is 4. The summed E-state index contributed by atoms with van der Waals surface area (Å²) >= 11 is 0. The van der Waals surface area contributed by atoms with Gasteiger partial charge in [-0.1, -0.05) is 6.07 Å². The first kappa shape index (κ1) is 14.9. The highest BCUT2D eigenvalue weighted by Gasteiger charge is 2.36. The van der Waals surface area contributed by atoms with E-state index >= 15 is 0 Å². The molecular formula is C17H22N4O. The first-order chi connectivity index (χ1) is 10.6. The fourth-order valence-corrected chi connectivity index (χ4v) is 3.22. The molecule has 0 amide bonds. The Morgan fingerprint density at radius 3 is 2.86 bits per heavy atom. The number of ketones is 1. The highest BCUT2D eigenvalue weighted by atomic mass is 16.1. The minimum Gasteiger partial charge on any atom is -0.336 e. The van der Waals surface area contributed by atoms with Gasteiger partial charge in [0, 0.05) is 37.9 Å². The van der Waals surface area contributed by atoms with Crippen molar-refractivity contribution in [1.82, 2.24) is 19.4 Å². The van der Waals surface area contributed by atoms with Crippen molar-refractivity contribution < 1.29 is 4.79 Å². The van der Waals surface area contributed by atoms with Crippen LogP contribution in [-0.2, 0) is 24.7 Å². The molecule has 3 heterocycles. The number of aromatic nitrogens is 3. The van der Waals surface area contributed by atoms with Crippen LogP contribution in [0.25, 0.3) is 0 Å². The fourth-order valence-electron chi connectivity index (χ4n) is 3.22. The van der Waals surface area contributed by atoms with E-state index in [0.717, 1.165) is 30.0 Å². The van der Waals surface area contributed by atoms with Crippen molar-refractivity contribution in [3.63, 3.8) is 0 Å². The number of fused-ring (bicyclic) bond motifs is 1. The molecule has 0 N–H and O–H groups in total. The van der Waals surface area contributed by atoms with Gasteiger partial charge in [-0.05, 0) is 26.0 Å². The van der Waals surface area contributed by atoms with Crippen LogP contribution in [0.1, 0.15) is 37.0 Å². The first-order valence-corrected chi connectivity index (χ1v) is 7.76. The summed E-state index contributed by atoms with van der Waals surface area (Å²) in [6, 6.07) is 5.80. The SMILES string of the molecule is CC(C)N1CCc2ncn(C)c2C1C(=O)Cc1ccccn1. The van der Waals surface area contributed by atoms with E-state index < -0.39 is 0 Å². The highest BCUT2D eigenvalue weighted by Crippen LogP contribution is 2.31. The normalized spacial score (nSPS) is 18.5. The minimum atomic E-state index is -0.224. The van der Waals surface area contributed by atoms with E-state index in [4.69, 9.17) is 0 Å². The van der Waals surface area contributed by atoms with Gasteiger partial charge in [0.25, 0.3) is 0 Å². The van der Waals surface area contributed by atoms with Gasteiger partial charge in [0.1, 0.15) is 6.04 Å². The quantitative estimate of drug-likeness (QED) is 0.865. The number of hydrogen-bond acceptors (Lipinski definition) is 4. The average molecular weight is 298 g/mol. The summed E-state index contributed by atoms with van der Waals surface area (Å²) in [5.74, 6) is 0.192. The van der Waals surface area contributed by atoms with E-state index in [2.05, 4.69) is 28.7 Å². The minimum absolute atomic E-state index is 0.192. The second-order valence-electron chi connectivity index (χ2n) is 6.14. The molecule has 0 fully saturated rings. The van der Waals surface area contributed by atoms with E-state index in [-0.39, 0.29) is 11.8 Å². The molecule has 116 valence electrons. The molecule has 2 aromatic rings. The third kappa shape index (κ3) is 2.68. The van der Waals surface area contributed by atoms with Gasteiger partial charge in [-0.2, -0.15) is 0 Å². The summed E-state index contributed by atoms with van der Waals surface area (Å²) in [6.07, 6.45) is 4.82. The monoisotopic (exact) mass is 298 g/mol. The number of carbonyl (C=O) groups is 1. The Morgan fingerprint density at radius 2 is 2.18 bits per heavy atom. The van der Waals surface area contributed by atoms with Crippen LogP contribution in [0.4, 0.5) is 0 Å². The zero-order chi connectivity index (χ0) is 15.7. The predicted octanol–water partition coefficient (Wildman–Crippen LogP) is 1.93. The van der Waals surface area contributed by atoms with Crippen molar-refractivity contribution >= 4 is 5.78 Å². The van der Waals surface area contributed by atoms with Gasteiger partial charge in [-0.15, -0.1) is 0 Å². The number of Topliss-reactive ketones (excluding diaryl/α,β-unsaturated/α-hetero) is 1. The van der Waals surface area contributed by atoms with Crippen LogP contribution >= 0.6 is 0 Å². The van der Waals surface area contributed by atoms with Gasteiger partial charge in [-0.25, -0.2) is 4.98 Å². The van der Waals surface area contributed by atoms with Gasteiger partial charge in [-0.3, -0.25) is 14.7 Å². The Morgan fingerprint density at radius 1 is 1.36 bits per heavy atom. The first-order valence-electron chi connectivity index (χ1n) is 7.76. The molecular weight excluding hydrogens is 276 g/mol. The van der Waals surface area contributed by atoms with E-state index in [1.54, 1.807) is 6.20 Å². The fraction of sp³-hybridized carbons (Fsp3) is 0.471. The Balaban J connectivity index is 1.93. The number of aryl methyl sites for hydroxylation is 1. The summed E-state index contributed by atoms with van der Waals surface area (Å²) < 4.78 is 1.99. The van der Waals surface area contributed by atoms with Crippen LogP contribution in [0, 0.1) is 0 Å². The van der Waals surface area contributed by atoms with E-state index in [1.807, 2.05) is 36.1 Å². The molecule has 1 unspecified atom stereocenters. The molecule has 0 bridgehead atoms. The van der Waals surface area contributed by atoms with Crippen LogP contribution in [0.2, 0.25) is 0 Å². The molecule has 0 saturated carbocycles. The maximum absolute atomic E-state index is 13.0. The number of carbonyl (C=O) groups excluding carboxylic acids is 1. The molecule has 3 rings (SSSR count). The molecule has 0 radical (unpaired) electrons. The maximum Gasteiger partial charge on any atom is 0.162 e. The van der Waals surface area contributed by atoms with Crippen molar-refractivity contribution in [3.8, 4) is 0 Å². The smallest absolute Gasteiger partial charge is 0.162 e. The molecule has 5 nitrogen and oxygen atoms in total. The molecule has 0 aromatic carbocycles. The van der Waals surface area contributed by atoms with Crippen molar-refractivity contribution in [2.45, 2.75) is 38.8 Å². The zero-order valence-electron chi connectivity index (χ0n) is 13.4. The van der Waals surface area contributed by atoms with Gasteiger partial charge in [0.2, 0.25) is 0 Å². The molecule has 1 aliphatic rings.